The fourth-order valence-electron chi connectivity index (χ4n) is 4.88. The molecule has 0 saturated heterocycles. The van der Waals surface area contributed by atoms with Gasteiger partial charge in [0.15, 0.2) is 0 Å². The van der Waals surface area contributed by atoms with Gasteiger partial charge in [-0.25, -0.2) is 0 Å². The number of amides is 1. The monoisotopic (exact) mass is 344 g/mol. The summed E-state index contributed by atoms with van der Waals surface area (Å²) in [7, 11) is 0. The number of carbonyl (C=O) groups excluding carboxylic acids is 1. The molecule has 2 fully saturated rings. The highest BCUT2D eigenvalue weighted by Crippen LogP contribution is 2.56. The SMILES string of the molecule is CCCN(C(=O)c1ccc(CN)cc1)C1CC(OCC)C12CCCC2. The van der Waals surface area contributed by atoms with E-state index < -0.39 is 0 Å². The second-order valence-electron chi connectivity index (χ2n) is 7.54. The van der Waals surface area contributed by atoms with Gasteiger partial charge in [0.05, 0.1) is 6.10 Å². The minimum Gasteiger partial charge on any atom is -0.378 e. The molecule has 0 bridgehead atoms. The summed E-state index contributed by atoms with van der Waals surface area (Å²) in [6, 6.07) is 8.10. The summed E-state index contributed by atoms with van der Waals surface area (Å²) in [4.78, 5) is 15.4. The Bertz CT molecular complexity index is 578. The average Bonchev–Trinajstić information content (AvgIpc) is 3.16. The molecule has 0 radical (unpaired) electrons. The summed E-state index contributed by atoms with van der Waals surface area (Å²) >= 11 is 0. The van der Waals surface area contributed by atoms with Crippen LogP contribution in [0.2, 0.25) is 0 Å². The molecule has 1 aromatic carbocycles. The van der Waals surface area contributed by atoms with Crippen molar-refractivity contribution in [3.8, 4) is 0 Å². The van der Waals surface area contributed by atoms with Gasteiger partial charge in [0.2, 0.25) is 0 Å². The molecule has 4 nitrogen and oxygen atoms in total. The largest absolute Gasteiger partial charge is 0.378 e. The van der Waals surface area contributed by atoms with Gasteiger partial charge in [0, 0.05) is 36.7 Å². The van der Waals surface area contributed by atoms with Crippen LogP contribution in [0.4, 0.5) is 0 Å². The maximum atomic E-state index is 13.2. The van der Waals surface area contributed by atoms with Crippen LogP contribution in [0.5, 0.6) is 0 Å². The minimum absolute atomic E-state index is 0.164. The van der Waals surface area contributed by atoms with Crippen molar-refractivity contribution < 1.29 is 9.53 Å². The van der Waals surface area contributed by atoms with Crippen LogP contribution in [0.3, 0.4) is 0 Å². The summed E-state index contributed by atoms with van der Waals surface area (Å²) in [5, 5.41) is 0. The number of ether oxygens (including phenoxy) is 1. The normalized spacial score (nSPS) is 24.3. The van der Waals surface area contributed by atoms with Crippen LogP contribution in [0.25, 0.3) is 0 Å². The first-order valence-corrected chi connectivity index (χ1v) is 9.87. The lowest BCUT2D eigenvalue weighted by Crippen LogP contribution is -2.65. The summed E-state index contributed by atoms with van der Waals surface area (Å²) in [6.45, 7) is 6.32. The molecule has 3 rings (SSSR count). The molecule has 138 valence electrons. The summed E-state index contributed by atoms with van der Waals surface area (Å²) in [5.74, 6) is 0.164. The Morgan fingerprint density at radius 1 is 1.24 bits per heavy atom. The Morgan fingerprint density at radius 3 is 2.48 bits per heavy atom. The van der Waals surface area contributed by atoms with E-state index in [-0.39, 0.29) is 11.3 Å². The van der Waals surface area contributed by atoms with E-state index in [9.17, 15) is 4.79 Å². The van der Waals surface area contributed by atoms with Crippen LogP contribution in [0.15, 0.2) is 24.3 Å². The fourth-order valence-corrected chi connectivity index (χ4v) is 4.88. The molecule has 2 atom stereocenters. The van der Waals surface area contributed by atoms with Crippen LogP contribution in [-0.4, -0.2) is 36.1 Å². The molecule has 4 heteroatoms. The first-order valence-electron chi connectivity index (χ1n) is 9.87. The van der Waals surface area contributed by atoms with E-state index in [0.717, 1.165) is 37.1 Å². The lowest BCUT2D eigenvalue weighted by atomic mass is 9.59. The van der Waals surface area contributed by atoms with E-state index in [1.807, 2.05) is 24.3 Å². The zero-order valence-electron chi connectivity index (χ0n) is 15.7. The minimum atomic E-state index is 0.164. The lowest BCUT2D eigenvalue weighted by molar-refractivity contribution is -0.156. The number of nitrogens with zero attached hydrogens (tertiary/aromatic N) is 1. The quantitative estimate of drug-likeness (QED) is 0.820. The Kier molecular flexibility index (Phi) is 5.80. The van der Waals surface area contributed by atoms with Crippen LogP contribution < -0.4 is 5.73 Å². The molecule has 25 heavy (non-hydrogen) atoms. The van der Waals surface area contributed by atoms with Crippen molar-refractivity contribution in [2.24, 2.45) is 11.1 Å². The van der Waals surface area contributed by atoms with Crippen LogP contribution >= 0.6 is 0 Å². The van der Waals surface area contributed by atoms with Gasteiger partial charge < -0.3 is 15.4 Å². The van der Waals surface area contributed by atoms with Crippen molar-refractivity contribution >= 4 is 5.91 Å². The zero-order chi connectivity index (χ0) is 17.9. The molecule has 2 aliphatic carbocycles. The number of carbonyl (C=O) groups is 1. The van der Waals surface area contributed by atoms with Crippen molar-refractivity contribution in [3.05, 3.63) is 35.4 Å². The summed E-state index contributed by atoms with van der Waals surface area (Å²) in [6.07, 6.45) is 7.22. The van der Waals surface area contributed by atoms with Gasteiger partial charge in [-0.2, -0.15) is 0 Å². The second-order valence-corrected chi connectivity index (χ2v) is 7.54. The van der Waals surface area contributed by atoms with Gasteiger partial charge in [0.25, 0.3) is 5.91 Å². The molecular formula is C21H32N2O2. The molecule has 1 spiro atoms. The van der Waals surface area contributed by atoms with Crippen molar-refractivity contribution in [2.45, 2.75) is 71.1 Å². The Morgan fingerprint density at radius 2 is 1.92 bits per heavy atom. The van der Waals surface area contributed by atoms with E-state index >= 15 is 0 Å². The third kappa shape index (κ3) is 3.34. The second kappa shape index (κ2) is 7.88. The van der Waals surface area contributed by atoms with Crippen LogP contribution in [0.1, 0.15) is 68.3 Å². The first-order chi connectivity index (χ1) is 12.2. The smallest absolute Gasteiger partial charge is 0.254 e. The van der Waals surface area contributed by atoms with E-state index in [4.69, 9.17) is 10.5 Å². The van der Waals surface area contributed by atoms with Crippen molar-refractivity contribution in [3.63, 3.8) is 0 Å². The van der Waals surface area contributed by atoms with Gasteiger partial charge in [-0.15, -0.1) is 0 Å². The van der Waals surface area contributed by atoms with Crippen LogP contribution in [-0.2, 0) is 11.3 Å². The maximum absolute atomic E-state index is 13.2. The number of hydrogen-bond donors (Lipinski definition) is 1. The van der Waals surface area contributed by atoms with Gasteiger partial charge in [-0.1, -0.05) is 31.9 Å². The Labute approximate surface area is 151 Å². The summed E-state index contributed by atoms with van der Waals surface area (Å²) in [5.41, 5.74) is 7.71. The molecule has 0 heterocycles. The molecule has 2 N–H and O–H groups in total. The van der Waals surface area contributed by atoms with Gasteiger partial charge in [-0.05, 0) is 50.3 Å². The Balaban J connectivity index is 1.81. The molecule has 1 aromatic rings. The van der Waals surface area contributed by atoms with Crippen molar-refractivity contribution in [1.29, 1.82) is 0 Å². The van der Waals surface area contributed by atoms with E-state index in [0.29, 0.717) is 18.7 Å². The van der Waals surface area contributed by atoms with E-state index in [1.165, 1.54) is 25.7 Å². The fraction of sp³-hybridized carbons (Fsp3) is 0.667. The first kappa shape index (κ1) is 18.4. The highest BCUT2D eigenvalue weighted by Gasteiger charge is 2.59. The van der Waals surface area contributed by atoms with E-state index in [1.54, 1.807) is 0 Å². The van der Waals surface area contributed by atoms with Gasteiger partial charge >= 0.3 is 0 Å². The predicted molar refractivity (Wildman–Crippen MR) is 100 cm³/mol. The zero-order valence-corrected chi connectivity index (χ0v) is 15.7. The number of rotatable bonds is 7. The molecule has 2 aliphatic rings. The molecule has 0 aromatic heterocycles. The topological polar surface area (TPSA) is 55.6 Å². The van der Waals surface area contributed by atoms with Crippen molar-refractivity contribution in [2.75, 3.05) is 13.2 Å². The Hall–Kier alpha value is -1.39. The molecule has 2 saturated carbocycles. The van der Waals surface area contributed by atoms with Crippen LogP contribution in [0, 0.1) is 5.41 Å². The van der Waals surface area contributed by atoms with Gasteiger partial charge in [0.1, 0.15) is 0 Å². The van der Waals surface area contributed by atoms with Crippen molar-refractivity contribution in [1.82, 2.24) is 4.90 Å². The average molecular weight is 344 g/mol. The highest BCUT2D eigenvalue weighted by atomic mass is 16.5. The third-order valence-corrected chi connectivity index (χ3v) is 6.18. The van der Waals surface area contributed by atoms with Gasteiger partial charge in [-0.3, -0.25) is 4.79 Å². The standard InChI is InChI=1S/C21H32N2O2/c1-3-13-23(20(24)17-9-7-16(15-22)8-10-17)18-14-19(25-4-2)21(18)11-5-6-12-21/h7-10,18-19H,3-6,11-15,22H2,1-2H3. The molecule has 2 unspecified atom stereocenters. The molecular weight excluding hydrogens is 312 g/mol. The predicted octanol–water partition coefficient (Wildman–Crippen LogP) is 3.74. The number of hydrogen-bond acceptors (Lipinski definition) is 3. The summed E-state index contributed by atoms with van der Waals surface area (Å²) < 4.78 is 6.04. The number of nitrogens with two attached hydrogens (primary N) is 1. The maximum Gasteiger partial charge on any atom is 0.254 e. The molecule has 1 amide bonds. The third-order valence-electron chi connectivity index (χ3n) is 6.18. The highest BCUT2D eigenvalue weighted by molar-refractivity contribution is 5.94. The number of benzene rings is 1. The lowest BCUT2D eigenvalue weighted by Gasteiger charge is -2.57. The van der Waals surface area contributed by atoms with E-state index in [2.05, 4.69) is 18.7 Å². The molecule has 0 aliphatic heterocycles.